The number of aromatic amines is 1. The number of carbonyl (C=O) groups excluding carboxylic acids is 2. The van der Waals surface area contributed by atoms with Gasteiger partial charge in [-0.2, -0.15) is 0 Å². The zero-order valence-corrected chi connectivity index (χ0v) is 9.56. The largest absolute Gasteiger partial charge is 0.349 e. The van der Waals surface area contributed by atoms with E-state index in [0.29, 0.717) is 13.0 Å². The van der Waals surface area contributed by atoms with Crippen molar-refractivity contribution in [3.63, 3.8) is 0 Å². The van der Waals surface area contributed by atoms with Gasteiger partial charge < -0.3 is 4.98 Å². The molecular weight excluding hydrogens is 218 g/mol. The Morgan fingerprint density at radius 3 is 2.59 bits per heavy atom. The van der Waals surface area contributed by atoms with Crippen molar-refractivity contribution in [3.05, 3.63) is 18.2 Å². The first kappa shape index (κ1) is 10.5. The lowest BCUT2D eigenvalue weighted by atomic mass is 9.97. The summed E-state index contributed by atoms with van der Waals surface area (Å²) in [5.74, 6) is 1.05. The Bertz CT molecular complexity index is 419. The Morgan fingerprint density at radius 1 is 1.29 bits per heavy atom. The Kier molecular flexibility index (Phi) is 2.46. The molecule has 5 nitrogen and oxygen atoms in total. The van der Waals surface area contributed by atoms with Gasteiger partial charge in [-0.3, -0.25) is 14.5 Å². The Balaban J connectivity index is 1.69. The Labute approximate surface area is 99.2 Å². The molecule has 2 bridgehead atoms. The van der Waals surface area contributed by atoms with Crippen LogP contribution in [0, 0.1) is 11.8 Å². The highest BCUT2D eigenvalue weighted by Gasteiger charge is 2.44. The first-order valence-corrected chi connectivity index (χ1v) is 6.09. The molecule has 90 valence electrons. The number of aromatic nitrogens is 2. The van der Waals surface area contributed by atoms with E-state index in [9.17, 15) is 9.59 Å². The normalized spacial score (nSPS) is 27.9. The minimum absolute atomic E-state index is 0.0234. The molecule has 1 aromatic rings. The lowest BCUT2D eigenvalue weighted by Gasteiger charge is -2.29. The first-order chi connectivity index (χ1) is 8.25. The molecule has 2 heterocycles. The molecule has 2 amide bonds. The quantitative estimate of drug-likeness (QED) is 0.783. The number of likely N-dealkylation sites (tertiary alicyclic amines) is 1. The van der Waals surface area contributed by atoms with E-state index in [1.807, 2.05) is 0 Å². The SMILES string of the molecule is O=C1C2CCC(C2)C(=O)N1CCc1ncc[nH]1. The number of nitrogens with zero attached hydrogens (tertiary/aromatic N) is 2. The Hall–Kier alpha value is -1.65. The van der Waals surface area contributed by atoms with Crippen molar-refractivity contribution in [1.29, 1.82) is 0 Å². The van der Waals surface area contributed by atoms with Gasteiger partial charge in [-0.05, 0) is 19.3 Å². The number of rotatable bonds is 3. The van der Waals surface area contributed by atoms with Crippen molar-refractivity contribution in [1.82, 2.24) is 14.9 Å². The van der Waals surface area contributed by atoms with Crippen LogP contribution in [0.2, 0.25) is 0 Å². The fourth-order valence-corrected chi connectivity index (χ4v) is 2.85. The van der Waals surface area contributed by atoms with E-state index >= 15 is 0 Å². The molecule has 1 saturated carbocycles. The van der Waals surface area contributed by atoms with Crippen molar-refractivity contribution in [2.75, 3.05) is 6.54 Å². The van der Waals surface area contributed by atoms with Gasteiger partial charge in [0.05, 0.1) is 0 Å². The molecule has 2 aliphatic rings. The Morgan fingerprint density at radius 2 is 2.00 bits per heavy atom. The molecule has 0 radical (unpaired) electrons. The number of hydrogen-bond donors (Lipinski definition) is 1. The first-order valence-electron chi connectivity index (χ1n) is 6.09. The van der Waals surface area contributed by atoms with Gasteiger partial charge in [-0.15, -0.1) is 0 Å². The average Bonchev–Trinajstić information content (AvgIpc) is 2.97. The van der Waals surface area contributed by atoms with E-state index in [2.05, 4.69) is 9.97 Å². The molecule has 1 N–H and O–H groups in total. The molecule has 5 heteroatoms. The van der Waals surface area contributed by atoms with E-state index in [0.717, 1.165) is 25.1 Å². The molecule has 0 spiro atoms. The van der Waals surface area contributed by atoms with E-state index in [1.54, 1.807) is 12.4 Å². The number of nitrogens with one attached hydrogen (secondary N) is 1. The maximum absolute atomic E-state index is 12.0. The number of H-pyrrole nitrogens is 1. The maximum Gasteiger partial charge on any atom is 0.232 e. The van der Waals surface area contributed by atoms with Crippen molar-refractivity contribution >= 4 is 11.8 Å². The number of imide groups is 1. The topological polar surface area (TPSA) is 66.1 Å². The number of carbonyl (C=O) groups is 2. The van der Waals surface area contributed by atoms with Crippen LogP contribution in [0.15, 0.2) is 12.4 Å². The second-order valence-corrected chi connectivity index (χ2v) is 4.82. The summed E-state index contributed by atoms with van der Waals surface area (Å²) >= 11 is 0. The molecule has 2 atom stereocenters. The van der Waals surface area contributed by atoms with Crippen molar-refractivity contribution in [3.8, 4) is 0 Å². The summed E-state index contributed by atoms with van der Waals surface area (Å²) in [6, 6.07) is 0. The van der Waals surface area contributed by atoms with Gasteiger partial charge in [0.15, 0.2) is 0 Å². The van der Waals surface area contributed by atoms with E-state index in [-0.39, 0.29) is 23.7 Å². The van der Waals surface area contributed by atoms with Crippen LogP contribution in [0.1, 0.15) is 25.1 Å². The maximum atomic E-state index is 12.0. The summed E-state index contributed by atoms with van der Waals surface area (Å²) < 4.78 is 0. The van der Waals surface area contributed by atoms with Gasteiger partial charge in [0, 0.05) is 37.2 Å². The monoisotopic (exact) mass is 233 g/mol. The lowest BCUT2D eigenvalue weighted by molar-refractivity contribution is -0.152. The van der Waals surface area contributed by atoms with Crippen LogP contribution in [-0.4, -0.2) is 33.2 Å². The summed E-state index contributed by atoms with van der Waals surface area (Å²) in [7, 11) is 0. The van der Waals surface area contributed by atoms with Gasteiger partial charge >= 0.3 is 0 Å². The van der Waals surface area contributed by atoms with Crippen molar-refractivity contribution in [2.24, 2.45) is 11.8 Å². The van der Waals surface area contributed by atoms with E-state index < -0.39 is 0 Å². The van der Waals surface area contributed by atoms with Crippen LogP contribution < -0.4 is 0 Å². The van der Waals surface area contributed by atoms with Crippen LogP contribution in [0.3, 0.4) is 0 Å². The smallest absolute Gasteiger partial charge is 0.232 e. The lowest BCUT2D eigenvalue weighted by Crippen LogP contribution is -2.47. The molecule has 1 aliphatic heterocycles. The van der Waals surface area contributed by atoms with Crippen LogP contribution in [0.5, 0.6) is 0 Å². The minimum Gasteiger partial charge on any atom is -0.349 e. The highest BCUT2D eigenvalue weighted by molar-refractivity contribution is 6.00. The third-order valence-electron chi connectivity index (χ3n) is 3.79. The number of amides is 2. The molecular formula is C12H15N3O2. The van der Waals surface area contributed by atoms with Crippen molar-refractivity contribution in [2.45, 2.75) is 25.7 Å². The minimum atomic E-state index is 0.0234. The predicted molar refractivity (Wildman–Crippen MR) is 59.8 cm³/mol. The third kappa shape index (κ3) is 1.75. The third-order valence-corrected chi connectivity index (χ3v) is 3.79. The zero-order chi connectivity index (χ0) is 11.8. The van der Waals surface area contributed by atoms with Crippen LogP contribution in [0.4, 0.5) is 0 Å². The second-order valence-electron chi connectivity index (χ2n) is 4.82. The standard InChI is InChI=1S/C12H15N3O2/c16-11-8-1-2-9(7-8)12(17)15(11)6-3-10-13-4-5-14-10/h4-5,8-9H,1-3,6-7H2,(H,13,14). The molecule has 1 aliphatic carbocycles. The van der Waals surface area contributed by atoms with Gasteiger partial charge in [0.25, 0.3) is 0 Å². The molecule has 3 rings (SSSR count). The summed E-state index contributed by atoms with van der Waals surface area (Å²) in [5.41, 5.74) is 0. The van der Waals surface area contributed by atoms with Crippen LogP contribution in [0.25, 0.3) is 0 Å². The van der Waals surface area contributed by atoms with Gasteiger partial charge in [0.1, 0.15) is 5.82 Å². The van der Waals surface area contributed by atoms with Crippen LogP contribution in [-0.2, 0) is 16.0 Å². The van der Waals surface area contributed by atoms with Crippen molar-refractivity contribution < 1.29 is 9.59 Å². The van der Waals surface area contributed by atoms with Gasteiger partial charge in [0.2, 0.25) is 11.8 Å². The molecule has 1 aromatic heterocycles. The second kappa shape index (κ2) is 3.98. The molecule has 1 saturated heterocycles. The molecule has 17 heavy (non-hydrogen) atoms. The average molecular weight is 233 g/mol. The molecule has 0 aromatic carbocycles. The van der Waals surface area contributed by atoms with E-state index in [4.69, 9.17) is 0 Å². The zero-order valence-electron chi connectivity index (χ0n) is 9.56. The van der Waals surface area contributed by atoms with Gasteiger partial charge in [-0.1, -0.05) is 0 Å². The number of fused-ring (bicyclic) bond motifs is 2. The predicted octanol–water partition coefficient (Wildman–Crippen LogP) is 0.737. The van der Waals surface area contributed by atoms with Crippen LogP contribution >= 0.6 is 0 Å². The number of hydrogen-bond acceptors (Lipinski definition) is 3. The fourth-order valence-electron chi connectivity index (χ4n) is 2.85. The summed E-state index contributed by atoms with van der Waals surface area (Å²) in [4.78, 5) is 32.6. The summed E-state index contributed by atoms with van der Waals surface area (Å²) in [5, 5.41) is 0. The fraction of sp³-hybridized carbons (Fsp3) is 0.583. The number of imidazole rings is 1. The number of piperidine rings is 1. The highest BCUT2D eigenvalue weighted by Crippen LogP contribution is 2.37. The van der Waals surface area contributed by atoms with E-state index in [1.165, 1.54) is 4.90 Å². The summed E-state index contributed by atoms with van der Waals surface area (Å²) in [6.45, 7) is 0.457. The molecule has 2 fully saturated rings. The highest BCUT2D eigenvalue weighted by atomic mass is 16.2. The molecule has 2 unspecified atom stereocenters. The summed E-state index contributed by atoms with van der Waals surface area (Å²) in [6.07, 6.45) is 6.58. The van der Waals surface area contributed by atoms with Gasteiger partial charge in [-0.25, -0.2) is 4.98 Å².